The molecule has 0 saturated carbocycles. The standard InChI is InChI=1S/C10H19NO3.C8H12.2C2H6/c1-10(2,3)14-9(13)11-6-4-8(12)5-7-11;1-3-5-7-8-6-4-2;2*1-2/h8,12H,4-7H2,1-3H3;3-8H,1-2H3;2*1-2H3/b;5-3-,6-4-,8-7-;;. The first-order chi connectivity index (χ1) is 12.3. The summed E-state index contributed by atoms with van der Waals surface area (Å²) >= 11 is 0. The number of ether oxygens (including phenoxy) is 1. The molecule has 1 fully saturated rings. The van der Waals surface area contributed by atoms with Gasteiger partial charge in [-0.25, -0.2) is 4.79 Å². The Labute approximate surface area is 162 Å². The summed E-state index contributed by atoms with van der Waals surface area (Å²) in [5, 5.41) is 9.26. The molecule has 0 bridgehead atoms. The van der Waals surface area contributed by atoms with E-state index in [1.807, 2.05) is 98.8 Å². The minimum Gasteiger partial charge on any atom is -0.444 e. The molecule has 0 aromatic heterocycles. The van der Waals surface area contributed by atoms with Crippen LogP contribution in [0.3, 0.4) is 0 Å². The van der Waals surface area contributed by atoms with Crippen molar-refractivity contribution in [2.24, 2.45) is 0 Å². The first kappa shape index (κ1) is 29.2. The highest BCUT2D eigenvalue weighted by Gasteiger charge is 2.25. The smallest absolute Gasteiger partial charge is 0.410 e. The highest BCUT2D eigenvalue weighted by atomic mass is 16.6. The summed E-state index contributed by atoms with van der Waals surface area (Å²) in [6.45, 7) is 18.7. The summed E-state index contributed by atoms with van der Waals surface area (Å²) < 4.78 is 5.22. The fraction of sp³-hybridized carbons (Fsp3) is 0.682. The van der Waals surface area contributed by atoms with Crippen LogP contribution in [0.15, 0.2) is 36.5 Å². The number of carbonyl (C=O) groups is 1. The van der Waals surface area contributed by atoms with Crippen molar-refractivity contribution in [3.05, 3.63) is 36.5 Å². The summed E-state index contributed by atoms with van der Waals surface area (Å²) in [4.78, 5) is 13.2. The first-order valence-corrected chi connectivity index (χ1v) is 9.86. The predicted octanol–water partition coefficient (Wildman–Crippen LogP) is 6.13. The maximum absolute atomic E-state index is 11.5. The lowest BCUT2D eigenvalue weighted by molar-refractivity contribution is 0.0101. The maximum Gasteiger partial charge on any atom is 0.410 e. The molecule has 4 heteroatoms. The normalized spacial score (nSPS) is 14.9. The van der Waals surface area contributed by atoms with Crippen LogP contribution in [0.4, 0.5) is 4.79 Å². The van der Waals surface area contributed by atoms with E-state index >= 15 is 0 Å². The predicted molar refractivity (Wildman–Crippen MR) is 115 cm³/mol. The molecular formula is C22H43NO3. The SMILES string of the molecule is CC.CC.CC(C)(C)OC(=O)N1CCC(O)CC1.C\C=C/C=C\C=C/C. The van der Waals surface area contributed by atoms with Crippen LogP contribution in [-0.2, 0) is 4.74 Å². The summed E-state index contributed by atoms with van der Waals surface area (Å²) in [6, 6.07) is 0. The third-order valence-corrected chi connectivity index (χ3v) is 2.83. The van der Waals surface area contributed by atoms with Crippen LogP contribution in [0.25, 0.3) is 0 Å². The van der Waals surface area contributed by atoms with E-state index in [1.165, 1.54) is 0 Å². The van der Waals surface area contributed by atoms with Crippen molar-refractivity contribution >= 4 is 6.09 Å². The van der Waals surface area contributed by atoms with Crippen molar-refractivity contribution < 1.29 is 14.6 Å². The lowest BCUT2D eigenvalue weighted by Gasteiger charge is -2.31. The number of amides is 1. The third-order valence-electron chi connectivity index (χ3n) is 2.83. The zero-order chi connectivity index (χ0) is 21.0. The number of aliphatic hydroxyl groups is 1. The van der Waals surface area contributed by atoms with Gasteiger partial charge in [0.2, 0.25) is 0 Å². The zero-order valence-electron chi connectivity index (χ0n) is 18.6. The fourth-order valence-corrected chi connectivity index (χ4v) is 1.73. The number of aliphatic hydroxyl groups excluding tert-OH is 1. The molecule has 1 saturated heterocycles. The third kappa shape index (κ3) is 20.5. The first-order valence-electron chi connectivity index (χ1n) is 9.86. The molecule has 1 aliphatic rings. The second-order valence-corrected chi connectivity index (χ2v) is 6.14. The molecule has 1 rings (SSSR count). The molecular weight excluding hydrogens is 326 g/mol. The van der Waals surface area contributed by atoms with Gasteiger partial charge in [-0.3, -0.25) is 0 Å². The molecule has 1 amide bonds. The minimum atomic E-state index is -0.437. The highest BCUT2D eigenvalue weighted by Crippen LogP contribution is 2.14. The van der Waals surface area contributed by atoms with Crippen molar-refractivity contribution in [3.8, 4) is 0 Å². The second kappa shape index (κ2) is 19.8. The number of rotatable bonds is 2. The number of hydrogen-bond acceptors (Lipinski definition) is 3. The van der Waals surface area contributed by atoms with Gasteiger partial charge in [-0.05, 0) is 47.5 Å². The number of likely N-dealkylation sites (tertiary alicyclic amines) is 1. The van der Waals surface area contributed by atoms with Crippen LogP contribution < -0.4 is 0 Å². The Morgan fingerprint density at radius 3 is 1.62 bits per heavy atom. The summed E-state index contributed by atoms with van der Waals surface area (Å²) in [6.07, 6.45) is 12.8. The van der Waals surface area contributed by atoms with E-state index in [1.54, 1.807) is 4.90 Å². The van der Waals surface area contributed by atoms with Gasteiger partial charge in [-0.1, -0.05) is 64.2 Å². The van der Waals surface area contributed by atoms with Crippen molar-refractivity contribution in [1.82, 2.24) is 4.90 Å². The van der Waals surface area contributed by atoms with Gasteiger partial charge < -0.3 is 14.7 Å². The average Bonchev–Trinajstić information content (AvgIpc) is 2.62. The van der Waals surface area contributed by atoms with Crippen LogP contribution in [-0.4, -0.2) is 40.9 Å². The molecule has 0 aromatic carbocycles. The van der Waals surface area contributed by atoms with E-state index < -0.39 is 5.60 Å². The maximum atomic E-state index is 11.5. The molecule has 4 nitrogen and oxygen atoms in total. The van der Waals surface area contributed by atoms with Crippen LogP contribution in [0.5, 0.6) is 0 Å². The summed E-state index contributed by atoms with van der Waals surface area (Å²) in [7, 11) is 0. The average molecular weight is 370 g/mol. The molecule has 0 spiro atoms. The van der Waals surface area contributed by atoms with Crippen molar-refractivity contribution in [2.45, 2.75) is 86.9 Å². The molecule has 0 aromatic rings. The molecule has 1 N–H and O–H groups in total. The quantitative estimate of drug-likeness (QED) is 0.596. The van der Waals surface area contributed by atoms with Crippen molar-refractivity contribution in [2.75, 3.05) is 13.1 Å². The van der Waals surface area contributed by atoms with Crippen molar-refractivity contribution in [1.29, 1.82) is 0 Å². The molecule has 0 atom stereocenters. The summed E-state index contributed by atoms with van der Waals surface area (Å²) in [5.74, 6) is 0. The Hall–Kier alpha value is -1.55. The molecule has 26 heavy (non-hydrogen) atoms. The topological polar surface area (TPSA) is 49.8 Å². The van der Waals surface area contributed by atoms with Gasteiger partial charge in [0.05, 0.1) is 6.10 Å². The van der Waals surface area contributed by atoms with Crippen molar-refractivity contribution in [3.63, 3.8) is 0 Å². The fourth-order valence-electron chi connectivity index (χ4n) is 1.73. The van der Waals surface area contributed by atoms with Gasteiger partial charge in [0, 0.05) is 13.1 Å². The minimum absolute atomic E-state index is 0.256. The van der Waals surface area contributed by atoms with E-state index in [9.17, 15) is 9.90 Å². The van der Waals surface area contributed by atoms with E-state index in [0.29, 0.717) is 25.9 Å². The zero-order valence-corrected chi connectivity index (χ0v) is 18.6. The largest absolute Gasteiger partial charge is 0.444 e. The number of allylic oxidation sites excluding steroid dienone is 6. The molecule has 0 radical (unpaired) electrons. The van der Waals surface area contributed by atoms with E-state index in [2.05, 4.69) is 0 Å². The van der Waals surface area contributed by atoms with E-state index in [0.717, 1.165) is 0 Å². The second-order valence-electron chi connectivity index (χ2n) is 6.14. The Kier molecular flexibility index (Phi) is 22.2. The van der Waals surface area contributed by atoms with E-state index in [4.69, 9.17) is 4.74 Å². The molecule has 0 aliphatic carbocycles. The molecule has 1 heterocycles. The Balaban J connectivity index is -0.000000377. The van der Waals surface area contributed by atoms with Gasteiger partial charge in [0.15, 0.2) is 0 Å². The Morgan fingerprint density at radius 2 is 1.31 bits per heavy atom. The van der Waals surface area contributed by atoms with Gasteiger partial charge in [-0.2, -0.15) is 0 Å². The highest BCUT2D eigenvalue weighted by molar-refractivity contribution is 5.68. The monoisotopic (exact) mass is 369 g/mol. The Bertz CT molecular complexity index is 371. The van der Waals surface area contributed by atoms with E-state index in [-0.39, 0.29) is 12.2 Å². The van der Waals surface area contributed by atoms with Crippen LogP contribution >= 0.6 is 0 Å². The number of hydrogen-bond donors (Lipinski definition) is 1. The molecule has 1 aliphatic heterocycles. The van der Waals surface area contributed by atoms with Gasteiger partial charge in [0.1, 0.15) is 5.60 Å². The van der Waals surface area contributed by atoms with Crippen LogP contribution in [0, 0.1) is 0 Å². The number of piperidine rings is 1. The van der Waals surface area contributed by atoms with Crippen LogP contribution in [0.1, 0.15) is 75.2 Å². The lowest BCUT2D eigenvalue weighted by Crippen LogP contribution is -2.42. The molecule has 0 unspecified atom stereocenters. The number of nitrogens with zero attached hydrogens (tertiary/aromatic N) is 1. The number of carbonyl (C=O) groups excluding carboxylic acids is 1. The van der Waals surface area contributed by atoms with Gasteiger partial charge in [-0.15, -0.1) is 0 Å². The Morgan fingerprint density at radius 1 is 0.923 bits per heavy atom. The lowest BCUT2D eigenvalue weighted by atomic mass is 10.1. The molecule has 154 valence electrons. The van der Waals surface area contributed by atoms with Crippen LogP contribution in [0.2, 0.25) is 0 Å². The van der Waals surface area contributed by atoms with Gasteiger partial charge >= 0.3 is 6.09 Å². The summed E-state index contributed by atoms with van der Waals surface area (Å²) in [5.41, 5.74) is -0.437. The van der Waals surface area contributed by atoms with Gasteiger partial charge in [0.25, 0.3) is 0 Å².